The van der Waals surface area contributed by atoms with Crippen LogP contribution in [0.3, 0.4) is 0 Å². The van der Waals surface area contributed by atoms with Crippen molar-refractivity contribution in [2.24, 2.45) is 5.73 Å². The van der Waals surface area contributed by atoms with Gasteiger partial charge in [-0.25, -0.2) is 0 Å². The summed E-state index contributed by atoms with van der Waals surface area (Å²) in [6, 6.07) is 8.54. The molecule has 0 fully saturated rings. The molecule has 0 spiro atoms. The summed E-state index contributed by atoms with van der Waals surface area (Å²) in [7, 11) is 4.42. The highest BCUT2D eigenvalue weighted by molar-refractivity contribution is 5.95. The van der Waals surface area contributed by atoms with Crippen molar-refractivity contribution < 1.29 is 33.3 Å². The average Bonchev–Trinajstić information content (AvgIpc) is 2.88. The summed E-state index contributed by atoms with van der Waals surface area (Å²) in [5, 5.41) is 2.86. The topological polar surface area (TPSA) is 122 Å². The van der Waals surface area contributed by atoms with E-state index in [2.05, 4.69) is 24.1 Å². The second-order valence-electron chi connectivity index (χ2n) is 7.51. The fourth-order valence-electron chi connectivity index (χ4n) is 3.35. The van der Waals surface area contributed by atoms with Crippen LogP contribution in [-0.2, 0) is 11.3 Å². The van der Waals surface area contributed by atoms with Crippen LogP contribution in [0.1, 0.15) is 29.8 Å². The van der Waals surface area contributed by atoms with E-state index >= 15 is 0 Å². The quantitative estimate of drug-likeness (QED) is 0.391. The highest BCUT2D eigenvalue weighted by Gasteiger charge is 2.18. The largest absolute Gasteiger partial charge is 0.493 e. The molecule has 10 nitrogen and oxygen atoms in total. The minimum absolute atomic E-state index is 0.187. The van der Waals surface area contributed by atoms with Crippen molar-refractivity contribution in [2.75, 3.05) is 54.2 Å². The molecule has 2 aromatic carbocycles. The molecule has 0 aliphatic carbocycles. The zero-order valence-electron chi connectivity index (χ0n) is 21.0. The number of hydrogen-bond donors (Lipinski definition) is 2. The molecule has 192 valence electrons. The number of nitrogens with zero attached hydrogens (tertiary/aromatic N) is 1. The van der Waals surface area contributed by atoms with Gasteiger partial charge in [-0.15, -0.1) is 0 Å². The molecule has 2 amide bonds. The lowest BCUT2D eigenvalue weighted by atomic mass is 10.1. The van der Waals surface area contributed by atoms with Gasteiger partial charge in [-0.1, -0.05) is 19.9 Å². The monoisotopic (exact) mass is 489 g/mol. The van der Waals surface area contributed by atoms with E-state index < -0.39 is 5.91 Å². The van der Waals surface area contributed by atoms with Gasteiger partial charge >= 0.3 is 0 Å². The number of hydrogen-bond acceptors (Lipinski definition) is 8. The Labute approximate surface area is 206 Å². The first-order valence-corrected chi connectivity index (χ1v) is 11.3. The van der Waals surface area contributed by atoms with E-state index in [-0.39, 0.29) is 36.3 Å². The fourth-order valence-corrected chi connectivity index (χ4v) is 3.35. The molecular formula is C25H35N3O7. The Morgan fingerprint density at radius 1 is 0.886 bits per heavy atom. The zero-order valence-corrected chi connectivity index (χ0v) is 21.0. The van der Waals surface area contributed by atoms with Gasteiger partial charge in [-0.05, 0) is 42.9 Å². The summed E-state index contributed by atoms with van der Waals surface area (Å²) in [6.07, 6.45) is 0. The van der Waals surface area contributed by atoms with Crippen LogP contribution < -0.4 is 34.7 Å². The van der Waals surface area contributed by atoms with Crippen LogP contribution in [0.2, 0.25) is 0 Å². The molecule has 3 N–H and O–H groups in total. The molecule has 0 aliphatic rings. The maximum atomic E-state index is 12.8. The van der Waals surface area contributed by atoms with Crippen LogP contribution in [0.5, 0.6) is 28.7 Å². The van der Waals surface area contributed by atoms with E-state index in [0.717, 1.165) is 25.2 Å². The lowest BCUT2D eigenvalue weighted by Gasteiger charge is -2.19. The van der Waals surface area contributed by atoms with Gasteiger partial charge in [-0.3, -0.25) is 9.59 Å². The molecule has 0 saturated carbocycles. The third kappa shape index (κ3) is 7.96. The highest BCUT2D eigenvalue weighted by Crippen LogP contribution is 2.38. The second-order valence-corrected chi connectivity index (χ2v) is 7.51. The predicted molar refractivity (Wildman–Crippen MR) is 132 cm³/mol. The summed E-state index contributed by atoms with van der Waals surface area (Å²) in [5.41, 5.74) is 6.28. The lowest BCUT2D eigenvalue weighted by molar-refractivity contribution is -0.120. The van der Waals surface area contributed by atoms with Crippen molar-refractivity contribution in [1.29, 1.82) is 0 Å². The van der Waals surface area contributed by atoms with E-state index in [0.29, 0.717) is 23.7 Å². The molecule has 0 bridgehead atoms. The number of likely N-dealkylation sites (N-methyl/N-ethyl adjacent to an activating group) is 1. The molecule has 0 aliphatic heterocycles. The van der Waals surface area contributed by atoms with Gasteiger partial charge < -0.3 is 39.6 Å². The molecule has 2 rings (SSSR count). The maximum absolute atomic E-state index is 12.8. The van der Waals surface area contributed by atoms with E-state index in [4.69, 9.17) is 29.4 Å². The van der Waals surface area contributed by atoms with E-state index in [9.17, 15) is 9.59 Å². The number of rotatable bonds is 15. The van der Waals surface area contributed by atoms with Gasteiger partial charge in [0.15, 0.2) is 29.6 Å². The summed E-state index contributed by atoms with van der Waals surface area (Å²) in [5.74, 6) is 0.915. The number of primary amides is 1. The Morgan fingerprint density at radius 3 is 2.06 bits per heavy atom. The first-order valence-electron chi connectivity index (χ1n) is 11.3. The summed E-state index contributed by atoms with van der Waals surface area (Å²) in [6.45, 7) is 7.46. The Morgan fingerprint density at radius 2 is 1.51 bits per heavy atom. The molecule has 0 saturated heterocycles. The third-order valence-corrected chi connectivity index (χ3v) is 5.32. The molecule has 2 aromatic rings. The van der Waals surface area contributed by atoms with Gasteiger partial charge in [0.25, 0.3) is 11.8 Å². The first-order chi connectivity index (χ1) is 16.9. The normalized spacial score (nSPS) is 10.6. The third-order valence-electron chi connectivity index (χ3n) is 5.32. The standard InChI is InChI=1S/C25H35N3O7/c1-6-28(7-2)10-11-34-19-9-8-17(12-20(19)31-3)15-27-25(30)18-13-21(32-4)24(22(14-18)33-5)35-16-23(26)29/h8-9,12-14H,6-7,10-11,15-16H2,1-5H3,(H2,26,29)(H,27,30). The SMILES string of the molecule is CCN(CC)CCOc1ccc(CNC(=O)c2cc(OC)c(OCC(N)=O)c(OC)c2)cc1OC. The molecule has 0 unspecified atom stereocenters. The number of carbonyl (C=O) groups is 2. The van der Waals surface area contributed by atoms with Gasteiger partial charge in [0, 0.05) is 18.7 Å². The molecule has 35 heavy (non-hydrogen) atoms. The van der Waals surface area contributed by atoms with Crippen molar-refractivity contribution in [3.8, 4) is 28.7 Å². The van der Waals surface area contributed by atoms with Crippen molar-refractivity contribution in [3.05, 3.63) is 41.5 Å². The average molecular weight is 490 g/mol. The molecule has 0 aromatic heterocycles. The Balaban J connectivity index is 2.07. The smallest absolute Gasteiger partial charge is 0.255 e. The van der Waals surface area contributed by atoms with Crippen LogP contribution in [0.25, 0.3) is 0 Å². The second kappa shape index (κ2) is 13.9. The maximum Gasteiger partial charge on any atom is 0.255 e. The number of amides is 2. The van der Waals surface area contributed by atoms with Crippen molar-refractivity contribution >= 4 is 11.8 Å². The van der Waals surface area contributed by atoms with Crippen LogP contribution >= 0.6 is 0 Å². The molecule has 0 heterocycles. The summed E-state index contributed by atoms with van der Waals surface area (Å²) < 4.78 is 27.4. The fraction of sp³-hybridized carbons (Fsp3) is 0.440. The van der Waals surface area contributed by atoms with E-state index in [1.54, 1.807) is 7.11 Å². The molecule has 10 heteroatoms. The van der Waals surface area contributed by atoms with Crippen LogP contribution in [0.15, 0.2) is 30.3 Å². The number of nitrogens with two attached hydrogens (primary N) is 1. The number of nitrogens with one attached hydrogen (secondary N) is 1. The van der Waals surface area contributed by atoms with Gasteiger partial charge in [0.1, 0.15) is 6.61 Å². The van der Waals surface area contributed by atoms with Gasteiger partial charge in [0.2, 0.25) is 5.75 Å². The van der Waals surface area contributed by atoms with E-state index in [1.807, 2.05) is 18.2 Å². The zero-order chi connectivity index (χ0) is 25.8. The summed E-state index contributed by atoms with van der Waals surface area (Å²) in [4.78, 5) is 26.2. The number of carbonyl (C=O) groups excluding carboxylic acids is 2. The van der Waals surface area contributed by atoms with Crippen molar-refractivity contribution in [1.82, 2.24) is 10.2 Å². The van der Waals surface area contributed by atoms with Crippen LogP contribution in [0, 0.1) is 0 Å². The minimum atomic E-state index is -0.647. The first kappa shape index (κ1) is 27.6. The lowest BCUT2D eigenvalue weighted by Crippen LogP contribution is -2.28. The summed E-state index contributed by atoms with van der Waals surface area (Å²) >= 11 is 0. The number of ether oxygens (including phenoxy) is 5. The number of methoxy groups -OCH3 is 3. The van der Waals surface area contributed by atoms with Crippen molar-refractivity contribution in [2.45, 2.75) is 20.4 Å². The Kier molecular flexibility index (Phi) is 11.0. The molecular weight excluding hydrogens is 454 g/mol. The van der Waals surface area contributed by atoms with E-state index in [1.165, 1.54) is 26.4 Å². The Bertz CT molecular complexity index is 968. The van der Waals surface area contributed by atoms with Gasteiger partial charge in [0.05, 0.1) is 21.3 Å². The van der Waals surface area contributed by atoms with Crippen molar-refractivity contribution in [3.63, 3.8) is 0 Å². The molecule has 0 atom stereocenters. The number of benzene rings is 2. The predicted octanol–water partition coefficient (Wildman–Crippen LogP) is 2.23. The highest BCUT2D eigenvalue weighted by atomic mass is 16.5. The Hall–Kier alpha value is -3.66. The minimum Gasteiger partial charge on any atom is -0.493 e. The van der Waals surface area contributed by atoms with Gasteiger partial charge in [-0.2, -0.15) is 0 Å². The molecule has 0 radical (unpaired) electrons. The van der Waals surface area contributed by atoms with Crippen LogP contribution in [-0.4, -0.2) is 70.9 Å². The van der Waals surface area contributed by atoms with Crippen LogP contribution in [0.4, 0.5) is 0 Å².